The molecule has 0 aliphatic heterocycles. The zero-order valence-electron chi connectivity index (χ0n) is 12.5. The van der Waals surface area contributed by atoms with Gasteiger partial charge in [-0.25, -0.2) is 0 Å². The van der Waals surface area contributed by atoms with E-state index in [-0.39, 0.29) is 12.3 Å². The van der Waals surface area contributed by atoms with Crippen LogP contribution in [0.3, 0.4) is 0 Å². The highest BCUT2D eigenvalue weighted by molar-refractivity contribution is 5.68. The van der Waals surface area contributed by atoms with E-state index in [1.54, 1.807) is 14.2 Å². The average molecular weight is 280 g/mol. The average Bonchev–Trinajstić information content (AvgIpc) is 2.45. The fraction of sp³-hybridized carbons (Fsp3) is 0.562. The number of hydrogen-bond acceptors (Lipinski definition) is 3. The standard InChI is InChI=1S/C16H24O4/c1-4-5-6-8-12(11-15(17)18)13-9-7-10-14(19-2)16(13)20-3/h7,9-10,12H,4-6,8,11H2,1-3H3,(H,17,18). The van der Waals surface area contributed by atoms with E-state index in [9.17, 15) is 4.79 Å². The Balaban J connectivity index is 3.02. The van der Waals surface area contributed by atoms with Crippen molar-refractivity contribution in [3.05, 3.63) is 23.8 Å². The summed E-state index contributed by atoms with van der Waals surface area (Å²) in [6.07, 6.45) is 4.23. The number of carboxylic acid groups (broad SMARTS) is 1. The first-order valence-corrected chi connectivity index (χ1v) is 7.06. The first kappa shape index (κ1) is 16.3. The van der Waals surface area contributed by atoms with Crippen LogP contribution >= 0.6 is 0 Å². The highest BCUT2D eigenvalue weighted by Crippen LogP contribution is 2.38. The molecule has 4 nitrogen and oxygen atoms in total. The van der Waals surface area contributed by atoms with Gasteiger partial charge in [-0.3, -0.25) is 4.79 Å². The molecule has 1 unspecified atom stereocenters. The van der Waals surface area contributed by atoms with E-state index in [1.807, 2.05) is 18.2 Å². The number of carbonyl (C=O) groups is 1. The lowest BCUT2D eigenvalue weighted by atomic mass is 9.89. The third-order valence-electron chi connectivity index (χ3n) is 3.45. The molecule has 4 heteroatoms. The van der Waals surface area contributed by atoms with E-state index in [1.165, 1.54) is 0 Å². The largest absolute Gasteiger partial charge is 0.493 e. The van der Waals surface area contributed by atoms with Gasteiger partial charge in [0, 0.05) is 5.56 Å². The maximum atomic E-state index is 11.1. The monoisotopic (exact) mass is 280 g/mol. The highest BCUT2D eigenvalue weighted by Gasteiger charge is 2.21. The molecule has 0 spiro atoms. The first-order valence-electron chi connectivity index (χ1n) is 7.06. The second-order valence-corrected chi connectivity index (χ2v) is 4.87. The molecule has 0 aromatic heterocycles. The number of hydrogen-bond donors (Lipinski definition) is 1. The van der Waals surface area contributed by atoms with Crippen LogP contribution < -0.4 is 9.47 Å². The minimum atomic E-state index is -0.781. The van der Waals surface area contributed by atoms with Crippen LogP contribution in [0, 0.1) is 0 Å². The normalized spacial score (nSPS) is 11.9. The maximum absolute atomic E-state index is 11.1. The molecular weight excluding hydrogens is 256 g/mol. The van der Waals surface area contributed by atoms with Gasteiger partial charge in [0.25, 0.3) is 0 Å². The Morgan fingerprint density at radius 2 is 2.00 bits per heavy atom. The number of methoxy groups -OCH3 is 2. The molecule has 0 radical (unpaired) electrons. The first-order chi connectivity index (χ1) is 9.63. The molecule has 1 atom stereocenters. The van der Waals surface area contributed by atoms with E-state index in [0.717, 1.165) is 31.2 Å². The molecule has 0 amide bonds. The van der Waals surface area contributed by atoms with E-state index in [0.29, 0.717) is 11.5 Å². The molecule has 0 saturated carbocycles. The SMILES string of the molecule is CCCCCC(CC(=O)O)c1cccc(OC)c1OC. The van der Waals surface area contributed by atoms with Crippen molar-refractivity contribution < 1.29 is 19.4 Å². The molecule has 0 aliphatic carbocycles. The molecule has 1 aromatic rings. The van der Waals surface area contributed by atoms with Gasteiger partial charge in [0.2, 0.25) is 0 Å². The van der Waals surface area contributed by atoms with Crippen molar-refractivity contribution in [2.75, 3.05) is 14.2 Å². The van der Waals surface area contributed by atoms with Crippen molar-refractivity contribution in [2.45, 2.75) is 44.9 Å². The summed E-state index contributed by atoms with van der Waals surface area (Å²) < 4.78 is 10.7. The van der Waals surface area contributed by atoms with Crippen LogP contribution in [-0.2, 0) is 4.79 Å². The van der Waals surface area contributed by atoms with Crippen LogP contribution in [0.15, 0.2) is 18.2 Å². The van der Waals surface area contributed by atoms with E-state index in [4.69, 9.17) is 14.6 Å². The topological polar surface area (TPSA) is 55.8 Å². The third kappa shape index (κ3) is 4.44. The van der Waals surface area contributed by atoms with Gasteiger partial charge in [0.1, 0.15) is 0 Å². The van der Waals surface area contributed by atoms with Crippen LogP contribution in [0.1, 0.15) is 50.5 Å². The van der Waals surface area contributed by atoms with Crippen LogP contribution in [0.5, 0.6) is 11.5 Å². The minimum Gasteiger partial charge on any atom is -0.493 e. The lowest BCUT2D eigenvalue weighted by molar-refractivity contribution is -0.137. The third-order valence-corrected chi connectivity index (χ3v) is 3.45. The number of ether oxygens (including phenoxy) is 2. The number of para-hydroxylation sites is 1. The van der Waals surface area contributed by atoms with Crippen molar-refractivity contribution >= 4 is 5.97 Å². The maximum Gasteiger partial charge on any atom is 0.303 e. The van der Waals surface area contributed by atoms with Crippen molar-refractivity contribution in [1.29, 1.82) is 0 Å². The number of rotatable bonds is 9. The highest BCUT2D eigenvalue weighted by atomic mass is 16.5. The van der Waals surface area contributed by atoms with Crippen LogP contribution in [-0.4, -0.2) is 25.3 Å². The second kappa shape index (κ2) is 8.46. The number of unbranched alkanes of at least 4 members (excludes halogenated alkanes) is 2. The fourth-order valence-corrected chi connectivity index (χ4v) is 2.45. The Labute approximate surface area is 120 Å². The summed E-state index contributed by atoms with van der Waals surface area (Å²) in [5, 5.41) is 9.12. The summed E-state index contributed by atoms with van der Waals surface area (Å²) in [5.41, 5.74) is 0.922. The summed E-state index contributed by atoms with van der Waals surface area (Å²) in [6, 6.07) is 5.64. The molecule has 0 bridgehead atoms. The predicted octanol–water partition coefficient (Wildman–Crippen LogP) is 3.84. The molecule has 1 aromatic carbocycles. The summed E-state index contributed by atoms with van der Waals surface area (Å²) in [6.45, 7) is 2.14. The lowest BCUT2D eigenvalue weighted by Gasteiger charge is -2.20. The number of carboxylic acids is 1. The predicted molar refractivity (Wildman–Crippen MR) is 78.7 cm³/mol. The summed E-state index contributed by atoms with van der Waals surface area (Å²) in [5.74, 6) is 0.481. The minimum absolute atomic E-state index is 0.0379. The van der Waals surface area contributed by atoms with Gasteiger partial charge in [0.15, 0.2) is 11.5 Å². The summed E-state index contributed by atoms with van der Waals surface area (Å²) >= 11 is 0. The van der Waals surface area contributed by atoms with Gasteiger partial charge in [-0.15, -0.1) is 0 Å². The Morgan fingerprint density at radius 1 is 1.25 bits per heavy atom. The molecule has 0 fully saturated rings. The van der Waals surface area contributed by atoms with Crippen LogP contribution in [0.4, 0.5) is 0 Å². The zero-order valence-corrected chi connectivity index (χ0v) is 12.5. The van der Waals surface area contributed by atoms with E-state index < -0.39 is 5.97 Å². The molecule has 112 valence electrons. The molecular formula is C16H24O4. The lowest BCUT2D eigenvalue weighted by Crippen LogP contribution is -2.08. The van der Waals surface area contributed by atoms with E-state index in [2.05, 4.69) is 6.92 Å². The number of aliphatic carboxylic acids is 1. The Bertz CT molecular complexity index is 428. The van der Waals surface area contributed by atoms with Gasteiger partial charge in [-0.05, 0) is 18.4 Å². The van der Waals surface area contributed by atoms with Crippen molar-refractivity contribution in [1.82, 2.24) is 0 Å². The molecule has 1 N–H and O–H groups in total. The van der Waals surface area contributed by atoms with Crippen molar-refractivity contribution in [3.63, 3.8) is 0 Å². The van der Waals surface area contributed by atoms with Crippen molar-refractivity contribution in [2.24, 2.45) is 0 Å². The number of benzene rings is 1. The molecule has 20 heavy (non-hydrogen) atoms. The molecule has 0 saturated heterocycles. The van der Waals surface area contributed by atoms with Gasteiger partial charge >= 0.3 is 5.97 Å². The van der Waals surface area contributed by atoms with Crippen molar-refractivity contribution in [3.8, 4) is 11.5 Å². The van der Waals surface area contributed by atoms with Gasteiger partial charge in [-0.2, -0.15) is 0 Å². The van der Waals surface area contributed by atoms with Gasteiger partial charge < -0.3 is 14.6 Å². The van der Waals surface area contributed by atoms with Gasteiger partial charge in [0.05, 0.1) is 20.6 Å². The zero-order chi connectivity index (χ0) is 15.0. The fourth-order valence-electron chi connectivity index (χ4n) is 2.45. The van der Waals surface area contributed by atoms with Gasteiger partial charge in [-0.1, -0.05) is 38.3 Å². The summed E-state index contributed by atoms with van der Waals surface area (Å²) in [7, 11) is 3.18. The smallest absolute Gasteiger partial charge is 0.303 e. The second-order valence-electron chi connectivity index (χ2n) is 4.87. The molecule has 0 heterocycles. The van der Waals surface area contributed by atoms with Crippen LogP contribution in [0.25, 0.3) is 0 Å². The van der Waals surface area contributed by atoms with Crippen LogP contribution in [0.2, 0.25) is 0 Å². The Hall–Kier alpha value is -1.71. The Kier molecular flexibility index (Phi) is 6.91. The molecule has 0 aliphatic rings. The quantitative estimate of drug-likeness (QED) is 0.698. The van der Waals surface area contributed by atoms with E-state index >= 15 is 0 Å². The molecule has 1 rings (SSSR count). The Morgan fingerprint density at radius 3 is 2.55 bits per heavy atom. The summed E-state index contributed by atoms with van der Waals surface area (Å²) in [4.78, 5) is 11.1.